The number of ether oxygens (including phenoxy) is 1. The maximum absolute atomic E-state index is 6.04. The lowest BCUT2D eigenvalue weighted by Gasteiger charge is -2.06. The molecule has 6 heteroatoms. The van der Waals surface area contributed by atoms with E-state index in [1.807, 2.05) is 30.3 Å². The minimum absolute atomic E-state index is 0.299. The SMILES string of the molecule is Clc1ccccc1OCc1nc(Br)c2cccnn12. The molecule has 0 amide bonds. The van der Waals surface area contributed by atoms with Crippen molar-refractivity contribution >= 4 is 33.0 Å². The van der Waals surface area contributed by atoms with E-state index < -0.39 is 0 Å². The Morgan fingerprint density at radius 1 is 1.21 bits per heavy atom. The minimum Gasteiger partial charge on any atom is -0.484 e. The summed E-state index contributed by atoms with van der Waals surface area (Å²) in [7, 11) is 0. The number of halogens is 2. The van der Waals surface area contributed by atoms with Crippen LogP contribution >= 0.6 is 27.5 Å². The van der Waals surface area contributed by atoms with Gasteiger partial charge in [-0.3, -0.25) is 0 Å². The summed E-state index contributed by atoms with van der Waals surface area (Å²) in [4.78, 5) is 4.38. The lowest BCUT2D eigenvalue weighted by molar-refractivity contribution is 0.293. The maximum Gasteiger partial charge on any atom is 0.169 e. The van der Waals surface area contributed by atoms with E-state index in [9.17, 15) is 0 Å². The van der Waals surface area contributed by atoms with Crippen LogP contribution in [0.1, 0.15) is 5.82 Å². The molecule has 3 rings (SSSR count). The Kier molecular flexibility index (Phi) is 3.40. The van der Waals surface area contributed by atoms with Gasteiger partial charge in [-0.25, -0.2) is 9.50 Å². The van der Waals surface area contributed by atoms with Gasteiger partial charge in [0.15, 0.2) is 5.82 Å². The second-order valence-corrected chi connectivity index (χ2v) is 5.02. The smallest absolute Gasteiger partial charge is 0.169 e. The zero-order valence-electron chi connectivity index (χ0n) is 9.75. The fourth-order valence-electron chi connectivity index (χ4n) is 1.75. The molecule has 0 fully saturated rings. The summed E-state index contributed by atoms with van der Waals surface area (Å²) in [6.45, 7) is 0.299. The van der Waals surface area contributed by atoms with E-state index in [2.05, 4.69) is 26.0 Å². The summed E-state index contributed by atoms with van der Waals surface area (Å²) < 4.78 is 8.15. The van der Waals surface area contributed by atoms with Crippen LogP contribution < -0.4 is 4.74 Å². The molecule has 0 aliphatic heterocycles. The van der Waals surface area contributed by atoms with Gasteiger partial charge in [0.1, 0.15) is 17.0 Å². The standard InChI is InChI=1S/C13H9BrClN3O/c14-13-10-5-3-7-16-18(10)12(17-13)8-19-11-6-2-1-4-9(11)15/h1-7H,8H2. The van der Waals surface area contributed by atoms with Crippen LogP contribution in [0, 0.1) is 0 Å². The number of rotatable bonds is 3. The molecule has 0 spiro atoms. The number of para-hydroxylation sites is 1. The van der Waals surface area contributed by atoms with Crippen LogP contribution in [0.25, 0.3) is 5.52 Å². The van der Waals surface area contributed by atoms with Crippen LogP contribution in [0.2, 0.25) is 5.02 Å². The molecule has 0 N–H and O–H groups in total. The highest BCUT2D eigenvalue weighted by atomic mass is 79.9. The Bertz CT molecular complexity index is 729. The van der Waals surface area contributed by atoms with Gasteiger partial charge >= 0.3 is 0 Å². The van der Waals surface area contributed by atoms with Gasteiger partial charge in [-0.05, 0) is 40.2 Å². The lowest BCUT2D eigenvalue weighted by atomic mass is 10.3. The van der Waals surface area contributed by atoms with Crippen molar-refractivity contribution in [3.8, 4) is 5.75 Å². The van der Waals surface area contributed by atoms with E-state index in [0.29, 0.717) is 23.2 Å². The normalized spacial score (nSPS) is 10.8. The molecule has 2 aromatic heterocycles. The van der Waals surface area contributed by atoms with Gasteiger partial charge in [-0.2, -0.15) is 5.10 Å². The largest absolute Gasteiger partial charge is 0.484 e. The van der Waals surface area contributed by atoms with Crippen LogP contribution in [0.5, 0.6) is 5.75 Å². The summed E-state index contributed by atoms with van der Waals surface area (Å²) in [5, 5.41) is 4.83. The van der Waals surface area contributed by atoms with Gasteiger partial charge < -0.3 is 4.74 Å². The fraction of sp³-hybridized carbons (Fsp3) is 0.0769. The molecule has 0 radical (unpaired) electrons. The summed E-state index contributed by atoms with van der Waals surface area (Å²) in [5.74, 6) is 1.34. The number of imidazole rings is 1. The van der Waals surface area contributed by atoms with Gasteiger partial charge in [0, 0.05) is 6.20 Å². The van der Waals surface area contributed by atoms with Gasteiger partial charge in [0.25, 0.3) is 0 Å². The molecular weight excluding hydrogens is 330 g/mol. The predicted octanol–water partition coefficient (Wildman–Crippen LogP) is 3.72. The van der Waals surface area contributed by atoms with Crippen LogP contribution in [-0.2, 0) is 6.61 Å². The Labute approximate surface area is 123 Å². The first-order chi connectivity index (χ1) is 9.25. The Morgan fingerprint density at radius 3 is 2.89 bits per heavy atom. The summed E-state index contributed by atoms with van der Waals surface area (Å²) in [6.07, 6.45) is 1.71. The van der Waals surface area contributed by atoms with E-state index in [4.69, 9.17) is 16.3 Å². The molecule has 1 aromatic carbocycles. The van der Waals surface area contributed by atoms with Crippen molar-refractivity contribution in [2.45, 2.75) is 6.61 Å². The number of fused-ring (bicyclic) bond motifs is 1. The number of nitrogens with zero attached hydrogens (tertiary/aromatic N) is 3. The highest BCUT2D eigenvalue weighted by Crippen LogP contribution is 2.24. The third-order valence-electron chi connectivity index (χ3n) is 2.63. The first-order valence-electron chi connectivity index (χ1n) is 5.61. The molecule has 3 aromatic rings. The average Bonchev–Trinajstić information content (AvgIpc) is 2.75. The molecule has 0 saturated carbocycles. The second-order valence-electron chi connectivity index (χ2n) is 3.86. The van der Waals surface area contributed by atoms with Crippen LogP contribution in [0.15, 0.2) is 47.2 Å². The molecule has 0 bridgehead atoms. The number of benzene rings is 1. The molecule has 0 saturated heterocycles. The topological polar surface area (TPSA) is 39.4 Å². The molecule has 4 nitrogen and oxygen atoms in total. The highest BCUT2D eigenvalue weighted by molar-refractivity contribution is 9.10. The van der Waals surface area contributed by atoms with Gasteiger partial charge in [-0.15, -0.1) is 0 Å². The Hall–Kier alpha value is -1.59. The summed E-state index contributed by atoms with van der Waals surface area (Å²) in [6, 6.07) is 11.1. The van der Waals surface area contributed by atoms with Crippen molar-refractivity contribution < 1.29 is 4.74 Å². The summed E-state index contributed by atoms with van der Waals surface area (Å²) in [5.41, 5.74) is 0.903. The molecule has 0 aliphatic rings. The van der Waals surface area contributed by atoms with Gasteiger partial charge in [0.2, 0.25) is 0 Å². The monoisotopic (exact) mass is 337 g/mol. The van der Waals surface area contributed by atoms with E-state index >= 15 is 0 Å². The van der Waals surface area contributed by atoms with Gasteiger partial charge in [0.05, 0.1) is 10.5 Å². The average molecular weight is 339 g/mol. The third-order valence-corrected chi connectivity index (χ3v) is 3.52. The van der Waals surface area contributed by atoms with Crippen LogP contribution in [0.4, 0.5) is 0 Å². The number of aromatic nitrogens is 3. The molecule has 0 aliphatic carbocycles. The molecule has 96 valence electrons. The van der Waals surface area contributed by atoms with E-state index in [-0.39, 0.29) is 0 Å². The van der Waals surface area contributed by atoms with Crippen molar-refractivity contribution in [1.82, 2.24) is 14.6 Å². The molecule has 2 heterocycles. The van der Waals surface area contributed by atoms with Crippen molar-refractivity contribution in [3.63, 3.8) is 0 Å². The number of hydrogen-bond donors (Lipinski definition) is 0. The first-order valence-corrected chi connectivity index (χ1v) is 6.78. The zero-order valence-corrected chi connectivity index (χ0v) is 12.1. The van der Waals surface area contributed by atoms with Crippen molar-refractivity contribution in [3.05, 3.63) is 58.0 Å². The van der Waals surface area contributed by atoms with Crippen LogP contribution in [-0.4, -0.2) is 14.6 Å². The molecule has 19 heavy (non-hydrogen) atoms. The van der Waals surface area contributed by atoms with Crippen molar-refractivity contribution in [2.75, 3.05) is 0 Å². The van der Waals surface area contributed by atoms with Crippen LogP contribution in [0.3, 0.4) is 0 Å². The van der Waals surface area contributed by atoms with E-state index in [1.165, 1.54) is 0 Å². The molecular formula is C13H9BrClN3O. The fourth-order valence-corrected chi connectivity index (χ4v) is 2.44. The Balaban J connectivity index is 1.88. The predicted molar refractivity (Wildman–Crippen MR) is 76.5 cm³/mol. The highest BCUT2D eigenvalue weighted by Gasteiger charge is 2.10. The second kappa shape index (κ2) is 5.19. The number of hydrogen-bond acceptors (Lipinski definition) is 3. The van der Waals surface area contributed by atoms with E-state index in [1.54, 1.807) is 16.8 Å². The first kappa shape index (κ1) is 12.4. The van der Waals surface area contributed by atoms with Crippen molar-refractivity contribution in [1.29, 1.82) is 0 Å². The Morgan fingerprint density at radius 2 is 2.05 bits per heavy atom. The molecule has 0 atom stereocenters. The van der Waals surface area contributed by atoms with E-state index in [0.717, 1.165) is 10.1 Å². The summed E-state index contributed by atoms with van der Waals surface area (Å²) >= 11 is 9.44. The maximum atomic E-state index is 6.04. The van der Waals surface area contributed by atoms with Gasteiger partial charge in [-0.1, -0.05) is 23.7 Å². The molecule has 0 unspecified atom stereocenters. The van der Waals surface area contributed by atoms with Crippen molar-refractivity contribution in [2.24, 2.45) is 0 Å². The minimum atomic E-state index is 0.299. The quantitative estimate of drug-likeness (QED) is 0.730. The zero-order chi connectivity index (χ0) is 13.2. The lowest BCUT2D eigenvalue weighted by Crippen LogP contribution is -2.03. The third kappa shape index (κ3) is 2.43.